The second-order valence-corrected chi connectivity index (χ2v) is 3.03. The number of rotatable bonds is 6. The largest absolute Gasteiger partial charge is 0.383 e. The summed E-state index contributed by atoms with van der Waals surface area (Å²) in [5, 5.41) is 0. The van der Waals surface area contributed by atoms with E-state index < -0.39 is 0 Å². The molecular formula is C8H19NO2. The Morgan fingerprint density at radius 1 is 1.45 bits per heavy atom. The maximum Gasteiger partial charge on any atom is 0.0640 e. The van der Waals surface area contributed by atoms with Crippen LogP contribution < -0.4 is 5.73 Å². The third kappa shape index (κ3) is 6.28. The molecule has 11 heavy (non-hydrogen) atoms. The Labute approximate surface area is 68.9 Å². The molecule has 0 rings (SSSR count). The third-order valence-electron chi connectivity index (χ3n) is 1.50. The first kappa shape index (κ1) is 10.9. The van der Waals surface area contributed by atoms with E-state index >= 15 is 0 Å². The normalized spacial score (nSPS) is 16.4. The van der Waals surface area contributed by atoms with Crippen molar-refractivity contribution >= 4 is 0 Å². The van der Waals surface area contributed by atoms with Crippen LogP contribution in [0.4, 0.5) is 0 Å². The fraction of sp³-hybridized carbons (Fsp3) is 1.00. The van der Waals surface area contributed by atoms with Gasteiger partial charge in [-0.05, 0) is 20.3 Å². The van der Waals surface area contributed by atoms with Crippen LogP contribution >= 0.6 is 0 Å². The first-order valence-corrected chi connectivity index (χ1v) is 3.98. The van der Waals surface area contributed by atoms with Crippen LogP contribution in [-0.4, -0.2) is 32.5 Å². The van der Waals surface area contributed by atoms with Gasteiger partial charge in [-0.3, -0.25) is 0 Å². The summed E-state index contributed by atoms with van der Waals surface area (Å²) in [4.78, 5) is 0. The molecule has 2 N–H and O–H groups in total. The Morgan fingerprint density at radius 2 is 2.09 bits per heavy atom. The van der Waals surface area contributed by atoms with E-state index in [0.717, 1.165) is 13.0 Å². The third-order valence-corrected chi connectivity index (χ3v) is 1.50. The Balaban J connectivity index is 3.38. The molecule has 0 saturated carbocycles. The van der Waals surface area contributed by atoms with E-state index in [1.165, 1.54) is 0 Å². The summed E-state index contributed by atoms with van der Waals surface area (Å²) >= 11 is 0. The van der Waals surface area contributed by atoms with Gasteiger partial charge in [0, 0.05) is 25.9 Å². The highest BCUT2D eigenvalue weighted by Gasteiger charge is 2.17. The van der Waals surface area contributed by atoms with E-state index in [9.17, 15) is 0 Å². The van der Waals surface area contributed by atoms with Crippen molar-refractivity contribution < 1.29 is 9.47 Å². The number of hydrogen-bond donors (Lipinski definition) is 1. The van der Waals surface area contributed by atoms with Gasteiger partial charge in [-0.2, -0.15) is 0 Å². The lowest BCUT2D eigenvalue weighted by molar-refractivity contribution is 0.0909. The Morgan fingerprint density at radius 3 is 2.55 bits per heavy atom. The van der Waals surface area contributed by atoms with Crippen molar-refractivity contribution in [3.8, 4) is 0 Å². The molecule has 1 unspecified atom stereocenters. The molecule has 0 aromatic heterocycles. The van der Waals surface area contributed by atoms with Gasteiger partial charge in [-0.1, -0.05) is 0 Å². The zero-order valence-electron chi connectivity index (χ0n) is 7.72. The van der Waals surface area contributed by atoms with E-state index in [4.69, 9.17) is 15.2 Å². The van der Waals surface area contributed by atoms with E-state index in [2.05, 4.69) is 0 Å². The molecule has 0 bridgehead atoms. The topological polar surface area (TPSA) is 44.5 Å². The van der Waals surface area contributed by atoms with Crippen LogP contribution in [0.5, 0.6) is 0 Å². The van der Waals surface area contributed by atoms with Gasteiger partial charge in [0.25, 0.3) is 0 Å². The maximum atomic E-state index is 5.86. The van der Waals surface area contributed by atoms with E-state index in [1.807, 2.05) is 13.8 Å². The van der Waals surface area contributed by atoms with E-state index in [1.54, 1.807) is 7.11 Å². The summed E-state index contributed by atoms with van der Waals surface area (Å²) < 4.78 is 10.1. The number of methoxy groups -OCH3 is 1. The second kappa shape index (κ2) is 5.52. The number of nitrogens with two attached hydrogens (primary N) is 1. The molecule has 3 heteroatoms. The summed E-state index contributed by atoms with van der Waals surface area (Å²) in [7, 11) is 1.66. The lowest BCUT2D eigenvalue weighted by atomic mass is 10.0. The van der Waals surface area contributed by atoms with Gasteiger partial charge in [0.05, 0.1) is 6.61 Å². The molecule has 0 fully saturated rings. The van der Waals surface area contributed by atoms with Gasteiger partial charge in [0.2, 0.25) is 0 Å². The zero-order chi connectivity index (χ0) is 8.74. The predicted octanol–water partition coefficient (Wildman–Crippen LogP) is 0.777. The average molecular weight is 161 g/mol. The Kier molecular flexibility index (Phi) is 5.46. The Bertz CT molecular complexity index is 94.1. The molecule has 0 aliphatic heterocycles. The minimum atomic E-state index is -0.246. The monoisotopic (exact) mass is 161 g/mol. The minimum absolute atomic E-state index is 0.246. The summed E-state index contributed by atoms with van der Waals surface area (Å²) in [6, 6.07) is 0. The van der Waals surface area contributed by atoms with Gasteiger partial charge < -0.3 is 15.2 Å². The quantitative estimate of drug-likeness (QED) is 0.585. The summed E-state index contributed by atoms with van der Waals surface area (Å²) in [5.41, 5.74) is 5.62. The van der Waals surface area contributed by atoms with E-state index in [-0.39, 0.29) is 5.54 Å². The van der Waals surface area contributed by atoms with Crippen LogP contribution in [0.1, 0.15) is 20.3 Å². The van der Waals surface area contributed by atoms with Crippen molar-refractivity contribution in [2.45, 2.75) is 25.8 Å². The molecule has 0 aromatic rings. The molecule has 0 aliphatic rings. The molecule has 1 atom stereocenters. The Hall–Kier alpha value is -0.120. The van der Waals surface area contributed by atoms with Gasteiger partial charge in [0.15, 0.2) is 0 Å². The standard InChI is InChI=1S/C8H19NO2/c1-4-11-6-5-8(2,9)7-10-3/h4-7,9H2,1-3H3. The predicted molar refractivity (Wildman–Crippen MR) is 45.6 cm³/mol. The highest BCUT2D eigenvalue weighted by Crippen LogP contribution is 2.05. The molecule has 0 saturated heterocycles. The molecule has 0 amide bonds. The summed E-state index contributed by atoms with van der Waals surface area (Å²) in [6.07, 6.45) is 0.842. The molecule has 68 valence electrons. The van der Waals surface area contributed by atoms with Crippen molar-refractivity contribution in [2.75, 3.05) is 26.9 Å². The number of ether oxygens (including phenoxy) is 2. The van der Waals surface area contributed by atoms with Crippen molar-refractivity contribution in [3.05, 3.63) is 0 Å². The molecule has 0 spiro atoms. The summed E-state index contributed by atoms with van der Waals surface area (Å²) in [6.45, 7) is 6.00. The van der Waals surface area contributed by atoms with Crippen LogP contribution in [0.25, 0.3) is 0 Å². The lowest BCUT2D eigenvalue weighted by Crippen LogP contribution is -2.41. The van der Waals surface area contributed by atoms with Crippen LogP contribution in [0.2, 0.25) is 0 Å². The van der Waals surface area contributed by atoms with Gasteiger partial charge >= 0.3 is 0 Å². The molecule has 0 aromatic carbocycles. The van der Waals surface area contributed by atoms with Crippen molar-refractivity contribution in [3.63, 3.8) is 0 Å². The van der Waals surface area contributed by atoms with Gasteiger partial charge in [-0.15, -0.1) is 0 Å². The minimum Gasteiger partial charge on any atom is -0.383 e. The first-order chi connectivity index (χ1) is 5.12. The highest BCUT2D eigenvalue weighted by molar-refractivity contribution is 4.77. The SMILES string of the molecule is CCOCCC(C)(N)COC. The van der Waals surface area contributed by atoms with Crippen LogP contribution in [0.15, 0.2) is 0 Å². The maximum absolute atomic E-state index is 5.86. The van der Waals surface area contributed by atoms with Crippen LogP contribution in [-0.2, 0) is 9.47 Å². The highest BCUT2D eigenvalue weighted by atomic mass is 16.5. The zero-order valence-corrected chi connectivity index (χ0v) is 7.72. The average Bonchev–Trinajstić information content (AvgIpc) is 1.87. The van der Waals surface area contributed by atoms with Gasteiger partial charge in [0.1, 0.15) is 0 Å². The molecule has 0 heterocycles. The molecule has 0 radical (unpaired) electrons. The van der Waals surface area contributed by atoms with E-state index in [0.29, 0.717) is 13.2 Å². The van der Waals surface area contributed by atoms with Gasteiger partial charge in [-0.25, -0.2) is 0 Å². The smallest absolute Gasteiger partial charge is 0.0640 e. The van der Waals surface area contributed by atoms with Crippen molar-refractivity contribution in [2.24, 2.45) is 5.73 Å². The van der Waals surface area contributed by atoms with Crippen LogP contribution in [0, 0.1) is 0 Å². The summed E-state index contributed by atoms with van der Waals surface area (Å²) in [5.74, 6) is 0. The molecule has 3 nitrogen and oxygen atoms in total. The second-order valence-electron chi connectivity index (χ2n) is 3.03. The lowest BCUT2D eigenvalue weighted by Gasteiger charge is -2.22. The fourth-order valence-corrected chi connectivity index (χ4v) is 0.852. The van der Waals surface area contributed by atoms with Crippen LogP contribution in [0.3, 0.4) is 0 Å². The molecule has 0 aliphatic carbocycles. The van der Waals surface area contributed by atoms with Crippen molar-refractivity contribution in [1.29, 1.82) is 0 Å². The van der Waals surface area contributed by atoms with Crippen molar-refractivity contribution in [1.82, 2.24) is 0 Å². The first-order valence-electron chi connectivity index (χ1n) is 3.98. The molecular weight excluding hydrogens is 142 g/mol. The number of hydrogen-bond acceptors (Lipinski definition) is 3. The fourth-order valence-electron chi connectivity index (χ4n) is 0.852.